The molecule has 2 fully saturated rings. The van der Waals surface area contributed by atoms with E-state index < -0.39 is 0 Å². The van der Waals surface area contributed by atoms with Gasteiger partial charge in [0, 0.05) is 44.1 Å². The molecular weight excluding hydrogens is 274 g/mol. The molecule has 0 aromatic carbocycles. The summed E-state index contributed by atoms with van der Waals surface area (Å²) >= 11 is 0. The van der Waals surface area contributed by atoms with Crippen molar-refractivity contribution < 1.29 is 0 Å². The molecule has 0 radical (unpaired) electrons. The Balaban J connectivity index is 1.66. The lowest BCUT2D eigenvalue weighted by Gasteiger charge is -2.37. The lowest BCUT2D eigenvalue weighted by Crippen LogP contribution is -2.46. The molecule has 0 bridgehead atoms. The molecule has 0 unspecified atom stereocenters. The quantitative estimate of drug-likeness (QED) is 0.842. The number of rotatable bonds is 4. The maximum Gasteiger partial charge on any atom is 0.225 e. The standard InChI is InChI=1S/C17H29N5/c1-5-13-9-18-17(19-10-13)22-7-6-16-14(11-22)8-15(21(16)4)12-20(2)3/h9-10,14-16H,5-8,11-12H2,1-4H3/t14-,15+,16+/m1/s1. The van der Waals surface area contributed by atoms with E-state index in [2.05, 4.69) is 52.7 Å². The van der Waals surface area contributed by atoms with Crippen LogP contribution in [0.5, 0.6) is 0 Å². The van der Waals surface area contributed by atoms with Gasteiger partial charge in [-0.3, -0.25) is 4.90 Å². The fraction of sp³-hybridized carbons (Fsp3) is 0.765. The van der Waals surface area contributed by atoms with Crippen LogP contribution in [0.3, 0.4) is 0 Å². The Morgan fingerprint density at radius 2 is 2.00 bits per heavy atom. The van der Waals surface area contributed by atoms with Crippen molar-refractivity contribution in [1.29, 1.82) is 0 Å². The van der Waals surface area contributed by atoms with Gasteiger partial charge in [-0.05, 0) is 51.9 Å². The van der Waals surface area contributed by atoms with E-state index >= 15 is 0 Å². The second kappa shape index (κ2) is 6.50. The van der Waals surface area contributed by atoms with Crippen LogP contribution >= 0.6 is 0 Å². The monoisotopic (exact) mass is 303 g/mol. The summed E-state index contributed by atoms with van der Waals surface area (Å²) < 4.78 is 0. The molecule has 5 nitrogen and oxygen atoms in total. The number of fused-ring (bicyclic) bond motifs is 1. The molecule has 1 aromatic heterocycles. The van der Waals surface area contributed by atoms with Crippen molar-refractivity contribution in [3.63, 3.8) is 0 Å². The van der Waals surface area contributed by atoms with Gasteiger partial charge in [0.05, 0.1) is 0 Å². The average Bonchev–Trinajstić information content (AvgIpc) is 2.82. The first-order chi connectivity index (χ1) is 10.6. The molecule has 2 saturated heterocycles. The minimum Gasteiger partial charge on any atom is -0.340 e. The van der Waals surface area contributed by atoms with Crippen LogP contribution in [0.25, 0.3) is 0 Å². The number of nitrogens with zero attached hydrogens (tertiary/aromatic N) is 5. The van der Waals surface area contributed by atoms with Crippen LogP contribution in [-0.2, 0) is 6.42 Å². The normalized spacial score (nSPS) is 29.1. The summed E-state index contributed by atoms with van der Waals surface area (Å²) in [5, 5.41) is 0. The summed E-state index contributed by atoms with van der Waals surface area (Å²) in [7, 11) is 6.65. The van der Waals surface area contributed by atoms with Crippen LogP contribution in [0.4, 0.5) is 5.95 Å². The number of aromatic nitrogens is 2. The minimum absolute atomic E-state index is 0.688. The van der Waals surface area contributed by atoms with E-state index in [4.69, 9.17) is 0 Å². The van der Waals surface area contributed by atoms with Crippen molar-refractivity contribution in [2.45, 2.75) is 38.3 Å². The molecule has 2 aliphatic rings. The minimum atomic E-state index is 0.688. The zero-order valence-corrected chi connectivity index (χ0v) is 14.4. The third-order valence-corrected chi connectivity index (χ3v) is 5.33. The van der Waals surface area contributed by atoms with E-state index in [9.17, 15) is 0 Å². The van der Waals surface area contributed by atoms with Crippen molar-refractivity contribution in [2.75, 3.05) is 45.7 Å². The van der Waals surface area contributed by atoms with Crippen molar-refractivity contribution in [1.82, 2.24) is 19.8 Å². The molecule has 22 heavy (non-hydrogen) atoms. The summed E-state index contributed by atoms with van der Waals surface area (Å²) in [6.45, 7) is 5.48. The van der Waals surface area contributed by atoms with E-state index in [-0.39, 0.29) is 0 Å². The van der Waals surface area contributed by atoms with E-state index in [0.717, 1.165) is 44.0 Å². The number of piperidine rings is 1. The smallest absolute Gasteiger partial charge is 0.225 e. The summed E-state index contributed by atoms with van der Waals surface area (Å²) in [6, 6.07) is 1.42. The Morgan fingerprint density at radius 1 is 1.27 bits per heavy atom. The number of aryl methyl sites for hydroxylation is 1. The Morgan fingerprint density at radius 3 is 2.64 bits per heavy atom. The maximum absolute atomic E-state index is 4.57. The van der Waals surface area contributed by atoms with Crippen LogP contribution in [0, 0.1) is 5.92 Å². The molecule has 0 spiro atoms. The van der Waals surface area contributed by atoms with Gasteiger partial charge in [-0.1, -0.05) is 6.92 Å². The maximum atomic E-state index is 4.57. The lowest BCUT2D eigenvalue weighted by molar-refractivity contribution is 0.179. The first-order valence-electron chi connectivity index (χ1n) is 8.51. The average molecular weight is 303 g/mol. The van der Waals surface area contributed by atoms with E-state index in [1.807, 2.05) is 12.4 Å². The Kier molecular flexibility index (Phi) is 4.64. The molecule has 0 amide bonds. The van der Waals surface area contributed by atoms with Crippen molar-refractivity contribution in [3.8, 4) is 0 Å². The largest absolute Gasteiger partial charge is 0.340 e. The number of likely N-dealkylation sites (tertiary alicyclic amines) is 1. The van der Waals surface area contributed by atoms with Crippen molar-refractivity contribution in [3.05, 3.63) is 18.0 Å². The SMILES string of the molecule is CCc1cnc(N2CC[C@H]3[C@H](C[C@@H](CN(C)C)N3C)C2)nc1. The molecule has 3 heterocycles. The van der Waals surface area contributed by atoms with Gasteiger partial charge in [-0.25, -0.2) is 9.97 Å². The molecule has 3 atom stereocenters. The summed E-state index contributed by atoms with van der Waals surface area (Å²) in [4.78, 5) is 16.4. The van der Waals surface area contributed by atoms with Gasteiger partial charge in [0.15, 0.2) is 0 Å². The van der Waals surface area contributed by atoms with E-state index in [0.29, 0.717) is 6.04 Å². The highest BCUT2D eigenvalue weighted by atomic mass is 15.3. The molecule has 0 aliphatic carbocycles. The second-order valence-electron chi connectivity index (χ2n) is 7.12. The third kappa shape index (κ3) is 3.10. The van der Waals surface area contributed by atoms with Crippen molar-refractivity contribution >= 4 is 5.95 Å². The zero-order chi connectivity index (χ0) is 15.7. The summed E-state index contributed by atoms with van der Waals surface area (Å²) in [5.41, 5.74) is 1.21. The number of anilines is 1. The second-order valence-corrected chi connectivity index (χ2v) is 7.12. The van der Waals surface area contributed by atoms with Gasteiger partial charge >= 0.3 is 0 Å². The highest BCUT2D eigenvalue weighted by Gasteiger charge is 2.42. The Labute approximate surface area is 134 Å². The van der Waals surface area contributed by atoms with Crippen LogP contribution in [-0.4, -0.2) is 72.6 Å². The van der Waals surface area contributed by atoms with Gasteiger partial charge < -0.3 is 9.80 Å². The van der Waals surface area contributed by atoms with E-state index in [1.54, 1.807) is 0 Å². The summed E-state index contributed by atoms with van der Waals surface area (Å²) in [6.07, 6.45) is 7.48. The molecule has 0 N–H and O–H groups in total. The third-order valence-electron chi connectivity index (χ3n) is 5.33. The summed E-state index contributed by atoms with van der Waals surface area (Å²) in [5.74, 6) is 1.66. The molecule has 0 saturated carbocycles. The molecule has 2 aliphatic heterocycles. The molecule has 3 rings (SSSR count). The van der Waals surface area contributed by atoms with Crippen LogP contribution in [0.2, 0.25) is 0 Å². The van der Waals surface area contributed by atoms with Crippen LogP contribution in [0.1, 0.15) is 25.3 Å². The van der Waals surface area contributed by atoms with Gasteiger partial charge in [0.1, 0.15) is 0 Å². The molecular formula is C17H29N5. The Bertz CT molecular complexity index is 486. The van der Waals surface area contributed by atoms with Crippen LogP contribution < -0.4 is 4.90 Å². The fourth-order valence-electron chi connectivity index (χ4n) is 4.07. The van der Waals surface area contributed by atoms with Crippen molar-refractivity contribution in [2.24, 2.45) is 5.92 Å². The lowest BCUT2D eigenvalue weighted by atomic mass is 9.92. The Hall–Kier alpha value is -1.20. The van der Waals surface area contributed by atoms with Gasteiger partial charge in [-0.15, -0.1) is 0 Å². The first-order valence-corrected chi connectivity index (χ1v) is 8.51. The topological polar surface area (TPSA) is 35.5 Å². The fourth-order valence-corrected chi connectivity index (χ4v) is 4.07. The zero-order valence-electron chi connectivity index (χ0n) is 14.4. The number of likely N-dealkylation sites (N-methyl/N-ethyl adjacent to an activating group) is 2. The molecule has 122 valence electrons. The number of hydrogen-bond acceptors (Lipinski definition) is 5. The predicted octanol–water partition coefficient (Wildman–Crippen LogP) is 1.50. The van der Waals surface area contributed by atoms with Gasteiger partial charge in [0.2, 0.25) is 5.95 Å². The first kappa shape index (κ1) is 15.7. The van der Waals surface area contributed by atoms with Crippen LogP contribution in [0.15, 0.2) is 12.4 Å². The van der Waals surface area contributed by atoms with E-state index in [1.165, 1.54) is 18.4 Å². The van der Waals surface area contributed by atoms with Gasteiger partial charge in [-0.2, -0.15) is 0 Å². The molecule has 5 heteroatoms. The highest BCUT2D eigenvalue weighted by molar-refractivity contribution is 5.31. The highest BCUT2D eigenvalue weighted by Crippen LogP contribution is 2.35. The molecule has 1 aromatic rings. The number of hydrogen-bond donors (Lipinski definition) is 0. The predicted molar refractivity (Wildman–Crippen MR) is 90.2 cm³/mol. The van der Waals surface area contributed by atoms with Gasteiger partial charge in [0.25, 0.3) is 0 Å².